The number of hydrogen-bond donors (Lipinski definition) is 2. The lowest BCUT2D eigenvalue weighted by molar-refractivity contribution is -0.136. The molecular formula is C14H12FN3O4. The van der Waals surface area contributed by atoms with E-state index in [4.69, 9.17) is 5.73 Å². The molecule has 0 saturated carbocycles. The maximum absolute atomic E-state index is 14.3. The van der Waals surface area contributed by atoms with Crippen molar-refractivity contribution < 1.29 is 23.6 Å². The number of piperidine rings is 1. The summed E-state index contributed by atoms with van der Waals surface area (Å²) >= 11 is 0. The third-order valence-corrected chi connectivity index (χ3v) is 3.85. The van der Waals surface area contributed by atoms with Crippen LogP contribution in [0.15, 0.2) is 12.1 Å². The Hall–Kier alpha value is -2.61. The van der Waals surface area contributed by atoms with Gasteiger partial charge in [0.05, 0.1) is 11.1 Å². The first-order valence-electron chi connectivity index (χ1n) is 6.68. The van der Waals surface area contributed by atoms with E-state index in [9.17, 15) is 23.6 Å². The first kappa shape index (κ1) is 14.3. The van der Waals surface area contributed by atoms with Crippen LogP contribution >= 0.6 is 0 Å². The summed E-state index contributed by atoms with van der Waals surface area (Å²) < 4.78 is 14.3. The van der Waals surface area contributed by atoms with E-state index >= 15 is 0 Å². The average molecular weight is 305 g/mol. The summed E-state index contributed by atoms with van der Waals surface area (Å²) in [6.45, 7) is -0.112. The summed E-state index contributed by atoms with van der Waals surface area (Å²) in [6.07, 6.45) is 0.0435. The van der Waals surface area contributed by atoms with Gasteiger partial charge in [0.15, 0.2) is 0 Å². The molecule has 1 aromatic carbocycles. The van der Waals surface area contributed by atoms with Gasteiger partial charge in [0.2, 0.25) is 11.8 Å². The molecule has 0 radical (unpaired) electrons. The second-order valence-corrected chi connectivity index (χ2v) is 5.11. The molecule has 1 atom stereocenters. The van der Waals surface area contributed by atoms with Gasteiger partial charge in [-0.25, -0.2) is 4.39 Å². The molecule has 1 saturated heterocycles. The van der Waals surface area contributed by atoms with Crippen LogP contribution in [0.5, 0.6) is 0 Å². The highest BCUT2D eigenvalue weighted by atomic mass is 19.1. The molecule has 3 rings (SSSR count). The van der Waals surface area contributed by atoms with E-state index in [0.29, 0.717) is 0 Å². The SMILES string of the molecule is NCc1ccc2c(c1F)C(=O)N(C1CCC(=O)NC1=O)C2=O. The minimum Gasteiger partial charge on any atom is -0.326 e. The molecule has 0 aromatic heterocycles. The highest BCUT2D eigenvalue weighted by molar-refractivity contribution is 6.23. The molecule has 8 heteroatoms. The number of imide groups is 2. The van der Waals surface area contributed by atoms with Crippen LogP contribution in [0.25, 0.3) is 0 Å². The Morgan fingerprint density at radius 2 is 1.95 bits per heavy atom. The zero-order chi connectivity index (χ0) is 16.0. The zero-order valence-electron chi connectivity index (χ0n) is 11.4. The van der Waals surface area contributed by atoms with Gasteiger partial charge in [0.25, 0.3) is 11.8 Å². The number of rotatable bonds is 2. The first-order valence-corrected chi connectivity index (χ1v) is 6.68. The molecule has 0 aliphatic carbocycles. The summed E-state index contributed by atoms with van der Waals surface area (Å²) in [5.41, 5.74) is 5.05. The fourth-order valence-electron chi connectivity index (χ4n) is 2.72. The van der Waals surface area contributed by atoms with Gasteiger partial charge in [-0.3, -0.25) is 29.4 Å². The molecule has 3 N–H and O–H groups in total. The van der Waals surface area contributed by atoms with E-state index < -0.39 is 35.5 Å². The lowest BCUT2D eigenvalue weighted by atomic mass is 10.0. The number of carbonyl (C=O) groups excluding carboxylic acids is 4. The molecular weight excluding hydrogens is 293 g/mol. The van der Waals surface area contributed by atoms with E-state index in [1.54, 1.807) is 0 Å². The van der Waals surface area contributed by atoms with Gasteiger partial charge in [0.1, 0.15) is 11.9 Å². The van der Waals surface area contributed by atoms with Crippen LogP contribution in [0.4, 0.5) is 4.39 Å². The molecule has 4 amide bonds. The van der Waals surface area contributed by atoms with Gasteiger partial charge in [-0.2, -0.15) is 0 Å². The maximum Gasteiger partial charge on any atom is 0.265 e. The molecule has 7 nitrogen and oxygen atoms in total. The Morgan fingerprint density at radius 3 is 2.59 bits per heavy atom. The quantitative estimate of drug-likeness (QED) is 0.728. The van der Waals surface area contributed by atoms with Gasteiger partial charge in [-0.05, 0) is 12.5 Å². The third kappa shape index (κ3) is 1.92. The number of nitrogens with two attached hydrogens (primary N) is 1. The maximum atomic E-state index is 14.3. The van der Waals surface area contributed by atoms with E-state index in [-0.39, 0.29) is 36.1 Å². The minimum absolute atomic E-state index is 0.0142. The second-order valence-electron chi connectivity index (χ2n) is 5.11. The third-order valence-electron chi connectivity index (χ3n) is 3.85. The molecule has 2 aliphatic heterocycles. The van der Waals surface area contributed by atoms with Crippen molar-refractivity contribution in [3.8, 4) is 0 Å². The van der Waals surface area contributed by atoms with E-state index in [1.807, 2.05) is 0 Å². The zero-order valence-corrected chi connectivity index (χ0v) is 11.4. The normalized spacial score (nSPS) is 21.2. The van der Waals surface area contributed by atoms with Gasteiger partial charge in [0, 0.05) is 18.5 Å². The number of amides is 4. The molecule has 114 valence electrons. The van der Waals surface area contributed by atoms with E-state index in [0.717, 1.165) is 4.90 Å². The van der Waals surface area contributed by atoms with Crippen molar-refractivity contribution >= 4 is 23.6 Å². The Kier molecular flexibility index (Phi) is 3.25. The number of nitrogens with one attached hydrogen (secondary N) is 1. The van der Waals surface area contributed by atoms with Crippen molar-refractivity contribution in [2.24, 2.45) is 5.73 Å². The lowest BCUT2D eigenvalue weighted by Crippen LogP contribution is -2.54. The fourth-order valence-corrected chi connectivity index (χ4v) is 2.72. The number of halogens is 1. The van der Waals surface area contributed by atoms with Gasteiger partial charge in [-0.1, -0.05) is 6.07 Å². The largest absolute Gasteiger partial charge is 0.326 e. The molecule has 22 heavy (non-hydrogen) atoms. The number of fused-ring (bicyclic) bond motifs is 1. The Morgan fingerprint density at radius 1 is 1.23 bits per heavy atom. The van der Waals surface area contributed by atoms with Gasteiger partial charge in [-0.15, -0.1) is 0 Å². The predicted octanol–water partition coefficient (Wildman–Crippen LogP) is -0.314. The summed E-state index contributed by atoms with van der Waals surface area (Å²) in [7, 11) is 0. The summed E-state index contributed by atoms with van der Waals surface area (Å²) in [4.78, 5) is 48.4. The van der Waals surface area contributed by atoms with E-state index in [1.165, 1.54) is 12.1 Å². The minimum atomic E-state index is -1.11. The van der Waals surface area contributed by atoms with Gasteiger partial charge < -0.3 is 5.73 Å². The summed E-state index contributed by atoms with van der Waals surface area (Å²) in [5.74, 6) is -3.65. The topological polar surface area (TPSA) is 110 Å². The van der Waals surface area contributed by atoms with E-state index in [2.05, 4.69) is 5.32 Å². The van der Waals surface area contributed by atoms with Crippen molar-refractivity contribution in [3.63, 3.8) is 0 Å². The number of benzene rings is 1. The Bertz CT molecular complexity index is 731. The van der Waals surface area contributed by atoms with Crippen molar-refractivity contribution in [1.82, 2.24) is 10.2 Å². The number of carbonyl (C=O) groups is 4. The van der Waals surface area contributed by atoms with Crippen molar-refractivity contribution in [2.75, 3.05) is 0 Å². The molecule has 1 aromatic rings. The highest BCUT2D eigenvalue weighted by Crippen LogP contribution is 2.30. The van der Waals surface area contributed by atoms with Gasteiger partial charge >= 0.3 is 0 Å². The molecule has 1 unspecified atom stereocenters. The average Bonchev–Trinajstić information content (AvgIpc) is 2.73. The smallest absolute Gasteiger partial charge is 0.265 e. The molecule has 1 fully saturated rings. The monoisotopic (exact) mass is 305 g/mol. The number of hydrogen-bond acceptors (Lipinski definition) is 5. The van der Waals surface area contributed by atoms with Crippen LogP contribution in [0, 0.1) is 5.82 Å². The Balaban J connectivity index is 2.02. The summed E-state index contributed by atoms with van der Waals surface area (Å²) in [6, 6.07) is 1.56. The predicted molar refractivity (Wildman–Crippen MR) is 71.0 cm³/mol. The van der Waals surface area contributed by atoms with Crippen LogP contribution in [-0.2, 0) is 16.1 Å². The van der Waals surface area contributed by atoms with Crippen LogP contribution < -0.4 is 11.1 Å². The molecule has 2 heterocycles. The Labute approximate surface area is 124 Å². The van der Waals surface area contributed by atoms with Crippen molar-refractivity contribution in [1.29, 1.82) is 0 Å². The van der Waals surface area contributed by atoms with Crippen molar-refractivity contribution in [3.05, 3.63) is 34.6 Å². The second kappa shape index (κ2) is 4.99. The molecule has 0 bridgehead atoms. The van der Waals surface area contributed by atoms with Crippen LogP contribution in [-0.4, -0.2) is 34.6 Å². The fraction of sp³-hybridized carbons (Fsp3) is 0.286. The van der Waals surface area contributed by atoms with Crippen LogP contribution in [0.3, 0.4) is 0 Å². The van der Waals surface area contributed by atoms with Crippen LogP contribution in [0.1, 0.15) is 39.1 Å². The molecule has 2 aliphatic rings. The molecule has 0 spiro atoms. The highest BCUT2D eigenvalue weighted by Gasteiger charge is 2.46. The number of nitrogens with zero attached hydrogens (tertiary/aromatic N) is 1. The summed E-state index contributed by atoms with van der Waals surface area (Å²) in [5, 5.41) is 2.07. The lowest BCUT2D eigenvalue weighted by Gasteiger charge is -2.27. The van der Waals surface area contributed by atoms with Crippen molar-refractivity contribution in [2.45, 2.75) is 25.4 Å². The first-order chi connectivity index (χ1) is 10.5. The standard InChI is InChI=1S/C14H12FN3O4/c15-11-6(5-16)1-2-7-10(11)14(22)18(13(7)21)8-3-4-9(19)17-12(8)20/h1-2,8H,3-5,16H2,(H,17,19,20). The van der Waals surface area contributed by atoms with Crippen LogP contribution in [0.2, 0.25) is 0 Å².